The van der Waals surface area contributed by atoms with Crippen LogP contribution in [0.25, 0.3) is 0 Å². The van der Waals surface area contributed by atoms with Crippen molar-refractivity contribution in [3.8, 4) is 0 Å². The monoisotopic (exact) mass is 290 g/mol. The first-order valence-corrected chi connectivity index (χ1v) is 7.88. The van der Waals surface area contributed by atoms with Gasteiger partial charge in [-0.25, -0.2) is 0 Å². The van der Waals surface area contributed by atoms with Gasteiger partial charge in [0.25, 0.3) is 0 Å². The Balaban J connectivity index is 2.28. The number of piperidine rings is 1. The number of nitrogens with zero attached hydrogens (tertiary/aromatic N) is 1. The Hall–Kier alpha value is -1.55. The number of aliphatic carboxylic acids is 1. The van der Waals surface area contributed by atoms with E-state index in [-0.39, 0.29) is 0 Å². The van der Waals surface area contributed by atoms with Gasteiger partial charge >= 0.3 is 5.97 Å². The number of hydrogen-bond donors (Lipinski definition) is 2. The highest BCUT2D eigenvalue weighted by molar-refractivity contribution is 5.73. The molecule has 116 valence electrons. The van der Waals surface area contributed by atoms with Gasteiger partial charge in [0.05, 0.1) is 0 Å². The molecule has 0 bridgehead atoms. The molecule has 0 saturated carbocycles. The largest absolute Gasteiger partial charge is 0.480 e. The number of hydrogen-bond acceptors (Lipinski definition) is 3. The molecule has 1 aliphatic rings. The summed E-state index contributed by atoms with van der Waals surface area (Å²) in [5.74, 6) is -0.939. The van der Waals surface area contributed by atoms with Crippen molar-refractivity contribution in [2.45, 2.75) is 52.0 Å². The molecule has 0 radical (unpaired) electrons. The van der Waals surface area contributed by atoms with E-state index in [1.165, 1.54) is 36.1 Å². The summed E-state index contributed by atoms with van der Waals surface area (Å²) in [6, 6.07) is 3.42. The fraction of sp³-hybridized carbons (Fsp3) is 0.588. The molecule has 1 heterocycles. The van der Waals surface area contributed by atoms with Gasteiger partial charge in [0.15, 0.2) is 0 Å². The predicted octanol–water partition coefficient (Wildman–Crippen LogP) is 2.50. The van der Waals surface area contributed by atoms with Crippen LogP contribution in [0, 0.1) is 6.92 Å². The number of benzene rings is 1. The molecule has 4 nitrogen and oxygen atoms in total. The standard InChI is InChI=1S/C17H26N2O2/c1-3-14-10-13(11-15(18)17(20)21)9-12(2)16(14)19-7-5-4-6-8-19/h9-10,15H,3-8,11,18H2,1-2H3,(H,20,21). The fourth-order valence-corrected chi connectivity index (χ4v) is 3.23. The molecule has 1 unspecified atom stereocenters. The fourth-order valence-electron chi connectivity index (χ4n) is 3.23. The second-order valence-corrected chi connectivity index (χ2v) is 5.97. The van der Waals surface area contributed by atoms with Crippen LogP contribution in [0.15, 0.2) is 12.1 Å². The molecule has 3 N–H and O–H groups in total. The first-order chi connectivity index (χ1) is 10.0. The average Bonchev–Trinajstić information content (AvgIpc) is 2.47. The van der Waals surface area contributed by atoms with E-state index in [1.807, 2.05) is 0 Å². The van der Waals surface area contributed by atoms with Gasteiger partial charge in [0, 0.05) is 18.8 Å². The summed E-state index contributed by atoms with van der Waals surface area (Å²) in [5.41, 5.74) is 10.6. The zero-order valence-corrected chi connectivity index (χ0v) is 13.1. The van der Waals surface area contributed by atoms with Crippen molar-refractivity contribution in [1.82, 2.24) is 0 Å². The van der Waals surface area contributed by atoms with Crippen molar-refractivity contribution in [1.29, 1.82) is 0 Å². The molecule has 1 aromatic carbocycles. The zero-order chi connectivity index (χ0) is 15.4. The number of carboxylic acid groups (broad SMARTS) is 1. The SMILES string of the molecule is CCc1cc(CC(N)C(=O)O)cc(C)c1N1CCCCC1. The highest BCUT2D eigenvalue weighted by Crippen LogP contribution is 2.30. The van der Waals surface area contributed by atoms with Crippen molar-refractivity contribution in [3.63, 3.8) is 0 Å². The molecule has 1 atom stereocenters. The molecule has 0 spiro atoms. The van der Waals surface area contributed by atoms with Crippen LogP contribution in [0.4, 0.5) is 5.69 Å². The summed E-state index contributed by atoms with van der Waals surface area (Å²) in [5, 5.41) is 8.96. The third-order valence-electron chi connectivity index (χ3n) is 4.27. The zero-order valence-electron chi connectivity index (χ0n) is 13.1. The highest BCUT2D eigenvalue weighted by atomic mass is 16.4. The topological polar surface area (TPSA) is 66.6 Å². The van der Waals surface area contributed by atoms with Crippen LogP contribution < -0.4 is 10.6 Å². The molecule has 1 fully saturated rings. The van der Waals surface area contributed by atoms with E-state index in [9.17, 15) is 4.79 Å². The van der Waals surface area contributed by atoms with Crippen LogP contribution in [0.5, 0.6) is 0 Å². The van der Waals surface area contributed by atoms with Crippen LogP contribution in [-0.4, -0.2) is 30.2 Å². The van der Waals surface area contributed by atoms with Gasteiger partial charge in [-0.2, -0.15) is 0 Å². The van der Waals surface area contributed by atoms with E-state index in [0.29, 0.717) is 6.42 Å². The second kappa shape index (κ2) is 6.94. The van der Waals surface area contributed by atoms with Gasteiger partial charge in [0.1, 0.15) is 6.04 Å². The molecular weight excluding hydrogens is 264 g/mol. The third-order valence-corrected chi connectivity index (χ3v) is 4.27. The Bertz CT molecular complexity index is 508. The number of rotatable bonds is 5. The van der Waals surface area contributed by atoms with Crippen LogP contribution in [-0.2, 0) is 17.6 Å². The summed E-state index contributed by atoms with van der Waals surface area (Å²) in [6.45, 7) is 6.53. The lowest BCUT2D eigenvalue weighted by molar-refractivity contribution is -0.138. The Morgan fingerprint density at radius 3 is 2.57 bits per heavy atom. The summed E-state index contributed by atoms with van der Waals surface area (Å²) < 4.78 is 0. The van der Waals surface area contributed by atoms with Crippen LogP contribution in [0.2, 0.25) is 0 Å². The first kappa shape index (κ1) is 15.8. The van der Waals surface area contributed by atoms with E-state index < -0.39 is 12.0 Å². The van der Waals surface area contributed by atoms with Gasteiger partial charge < -0.3 is 15.7 Å². The quantitative estimate of drug-likeness (QED) is 0.874. The van der Waals surface area contributed by atoms with E-state index in [4.69, 9.17) is 10.8 Å². The van der Waals surface area contributed by atoms with Gasteiger partial charge in [-0.1, -0.05) is 19.1 Å². The number of aryl methyl sites for hydroxylation is 2. The maximum atomic E-state index is 10.9. The molecule has 4 heteroatoms. The minimum Gasteiger partial charge on any atom is -0.480 e. The van der Waals surface area contributed by atoms with Crippen molar-refractivity contribution in [3.05, 3.63) is 28.8 Å². The minimum atomic E-state index is -0.939. The lowest BCUT2D eigenvalue weighted by Crippen LogP contribution is -2.33. The Labute approximate surface area is 126 Å². The van der Waals surface area contributed by atoms with Crippen molar-refractivity contribution in [2.75, 3.05) is 18.0 Å². The van der Waals surface area contributed by atoms with Gasteiger partial charge in [0.2, 0.25) is 0 Å². The molecule has 1 saturated heterocycles. The Morgan fingerprint density at radius 2 is 2.00 bits per heavy atom. The normalized spacial score (nSPS) is 16.8. The third kappa shape index (κ3) is 3.76. The number of carbonyl (C=O) groups is 1. The smallest absolute Gasteiger partial charge is 0.320 e. The molecule has 1 aromatic rings. The van der Waals surface area contributed by atoms with E-state index >= 15 is 0 Å². The summed E-state index contributed by atoms with van der Waals surface area (Å²) in [6.07, 6.45) is 5.19. The predicted molar refractivity (Wildman–Crippen MR) is 85.9 cm³/mol. The maximum absolute atomic E-state index is 10.9. The lowest BCUT2D eigenvalue weighted by Gasteiger charge is -2.32. The van der Waals surface area contributed by atoms with Crippen molar-refractivity contribution in [2.24, 2.45) is 5.73 Å². The van der Waals surface area contributed by atoms with Crippen molar-refractivity contribution >= 4 is 11.7 Å². The maximum Gasteiger partial charge on any atom is 0.320 e. The average molecular weight is 290 g/mol. The van der Waals surface area contributed by atoms with Crippen molar-refractivity contribution < 1.29 is 9.90 Å². The second-order valence-electron chi connectivity index (χ2n) is 5.97. The van der Waals surface area contributed by atoms with E-state index in [1.54, 1.807) is 0 Å². The molecule has 0 amide bonds. The number of anilines is 1. The molecular formula is C17H26N2O2. The first-order valence-electron chi connectivity index (χ1n) is 7.88. The van der Waals surface area contributed by atoms with E-state index in [2.05, 4.69) is 30.9 Å². The molecule has 2 rings (SSSR count). The van der Waals surface area contributed by atoms with Crippen LogP contribution in [0.1, 0.15) is 42.9 Å². The minimum absolute atomic E-state index is 0.392. The highest BCUT2D eigenvalue weighted by Gasteiger charge is 2.18. The van der Waals surface area contributed by atoms with E-state index in [0.717, 1.165) is 25.1 Å². The molecule has 0 aliphatic carbocycles. The Morgan fingerprint density at radius 1 is 1.33 bits per heavy atom. The molecule has 0 aromatic heterocycles. The van der Waals surface area contributed by atoms with Crippen LogP contribution in [0.3, 0.4) is 0 Å². The molecule has 1 aliphatic heterocycles. The summed E-state index contributed by atoms with van der Waals surface area (Å²) in [7, 11) is 0. The molecule has 21 heavy (non-hydrogen) atoms. The lowest BCUT2D eigenvalue weighted by atomic mass is 9.96. The summed E-state index contributed by atoms with van der Waals surface area (Å²) in [4.78, 5) is 13.4. The van der Waals surface area contributed by atoms with Gasteiger partial charge in [-0.05, 0) is 55.7 Å². The van der Waals surface area contributed by atoms with Gasteiger partial charge in [-0.15, -0.1) is 0 Å². The van der Waals surface area contributed by atoms with Crippen LogP contribution >= 0.6 is 0 Å². The summed E-state index contributed by atoms with van der Waals surface area (Å²) >= 11 is 0. The Kier molecular flexibility index (Phi) is 5.23. The number of carboxylic acids is 1. The van der Waals surface area contributed by atoms with Gasteiger partial charge in [-0.3, -0.25) is 4.79 Å². The number of nitrogens with two attached hydrogens (primary N) is 1.